The molecule has 164 valence electrons. The van der Waals surface area contributed by atoms with Crippen molar-refractivity contribution in [2.45, 2.75) is 18.7 Å². The van der Waals surface area contributed by atoms with Gasteiger partial charge in [-0.2, -0.15) is 5.10 Å². The van der Waals surface area contributed by atoms with Gasteiger partial charge in [0.2, 0.25) is 6.23 Å². The third-order valence-electron chi connectivity index (χ3n) is 5.87. The van der Waals surface area contributed by atoms with Crippen LogP contribution in [-0.2, 0) is 0 Å². The fourth-order valence-electron chi connectivity index (χ4n) is 4.32. The number of hydrogen-bond acceptors (Lipinski definition) is 6. The first-order valence-electron chi connectivity index (χ1n) is 10.3. The van der Waals surface area contributed by atoms with E-state index in [1.807, 2.05) is 65.7 Å². The average Bonchev–Trinajstić information content (AvgIpc) is 3.29. The third-order valence-corrected chi connectivity index (χ3v) is 6.11. The second-order valence-electron chi connectivity index (χ2n) is 7.61. The molecule has 0 bridgehead atoms. The molecule has 3 aromatic rings. The highest BCUT2D eigenvalue weighted by Crippen LogP contribution is 2.49. The lowest BCUT2D eigenvalue weighted by molar-refractivity contribution is -0.0203. The van der Waals surface area contributed by atoms with Crippen LogP contribution in [0, 0.1) is 0 Å². The normalized spacial score (nSPS) is 18.9. The van der Waals surface area contributed by atoms with Crippen molar-refractivity contribution in [3.8, 4) is 23.0 Å². The second kappa shape index (κ2) is 8.28. The van der Waals surface area contributed by atoms with Gasteiger partial charge in [0.1, 0.15) is 11.5 Å². The van der Waals surface area contributed by atoms with E-state index in [2.05, 4.69) is 0 Å². The van der Waals surface area contributed by atoms with Crippen LogP contribution in [0.25, 0.3) is 0 Å². The molecule has 0 aromatic heterocycles. The van der Waals surface area contributed by atoms with Gasteiger partial charge in [-0.25, -0.2) is 5.01 Å². The minimum Gasteiger partial charge on any atom is -0.496 e. The fraction of sp³-hybridized carbons (Fsp3) is 0.240. The molecule has 6 nitrogen and oxygen atoms in total. The van der Waals surface area contributed by atoms with Gasteiger partial charge in [-0.05, 0) is 48.5 Å². The molecule has 0 radical (unpaired) electrons. The molecule has 0 saturated carbocycles. The highest BCUT2D eigenvalue weighted by molar-refractivity contribution is 6.30. The molecule has 2 heterocycles. The number of fused-ring (bicyclic) bond motifs is 3. The number of para-hydroxylation sites is 1. The molecule has 2 aliphatic heterocycles. The number of hydrazone groups is 1. The molecule has 3 aromatic carbocycles. The van der Waals surface area contributed by atoms with Crippen molar-refractivity contribution in [1.82, 2.24) is 5.01 Å². The van der Waals surface area contributed by atoms with Crippen LogP contribution in [0.2, 0.25) is 5.02 Å². The van der Waals surface area contributed by atoms with E-state index in [4.69, 9.17) is 35.6 Å². The van der Waals surface area contributed by atoms with Crippen LogP contribution in [0.3, 0.4) is 0 Å². The maximum atomic E-state index is 6.43. The predicted octanol–water partition coefficient (Wildman–Crippen LogP) is 5.61. The first-order valence-corrected chi connectivity index (χ1v) is 10.7. The van der Waals surface area contributed by atoms with Crippen LogP contribution in [0.15, 0.2) is 65.8 Å². The van der Waals surface area contributed by atoms with Crippen LogP contribution >= 0.6 is 11.6 Å². The second-order valence-corrected chi connectivity index (χ2v) is 8.05. The van der Waals surface area contributed by atoms with E-state index in [1.54, 1.807) is 21.3 Å². The smallest absolute Gasteiger partial charge is 0.217 e. The van der Waals surface area contributed by atoms with Gasteiger partial charge in [0.15, 0.2) is 11.5 Å². The van der Waals surface area contributed by atoms with Crippen molar-refractivity contribution in [3.05, 3.63) is 82.4 Å². The molecular weight excluding hydrogens is 428 g/mol. The Hall–Kier alpha value is -3.38. The molecule has 2 atom stereocenters. The molecule has 0 amide bonds. The lowest BCUT2D eigenvalue weighted by atomic mass is 9.95. The highest BCUT2D eigenvalue weighted by Gasteiger charge is 2.42. The third kappa shape index (κ3) is 3.41. The Kier molecular flexibility index (Phi) is 5.31. The standard InChI is InChI=1S/C25H23ClN2O4/c1-29-21-7-5-4-6-17(21)25-28-20(18-13-16(26)9-11-22(18)32-25)14-19(27-28)15-8-10-23(30-2)24(12-15)31-3/h4-13,20,25H,14H2,1-3H3/t20-,25+/m0/s1. The topological polar surface area (TPSA) is 52.5 Å². The zero-order valence-electron chi connectivity index (χ0n) is 18.0. The summed E-state index contributed by atoms with van der Waals surface area (Å²) >= 11 is 6.33. The molecule has 32 heavy (non-hydrogen) atoms. The summed E-state index contributed by atoms with van der Waals surface area (Å²) in [5.74, 6) is 2.90. The van der Waals surface area contributed by atoms with E-state index in [-0.39, 0.29) is 6.04 Å². The van der Waals surface area contributed by atoms with E-state index in [0.29, 0.717) is 22.9 Å². The summed E-state index contributed by atoms with van der Waals surface area (Å²) < 4.78 is 22.9. The van der Waals surface area contributed by atoms with Crippen molar-refractivity contribution in [2.24, 2.45) is 5.10 Å². The number of hydrogen-bond donors (Lipinski definition) is 0. The van der Waals surface area contributed by atoms with Gasteiger partial charge in [-0.3, -0.25) is 0 Å². The van der Waals surface area contributed by atoms with Crippen molar-refractivity contribution >= 4 is 17.3 Å². The Bertz CT molecular complexity index is 1200. The highest BCUT2D eigenvalue weighted by atomic mass is 35.5. The van der Waals surface area contributed by atoms with Crippen molar-refractivity contribution in [3.63, 3.8) is 0 Å². The zero-order chi connectivity index (χ0) is 22.2. The minimum atomic E-state index is -0.428. The summed E-state index contributed by atoms with van der Waals surface area (Å²) in [6, 6.07) is 19.4. The molecule has 0 unspecified atom stereocenters. The van der Waals surface area contributed by atoms with Crippen molar-refractivity contribution < 1.29 is 18.9 Å². The quantitative estimate of drug-likeness (QED) is 0.505. The number of rotatable bonds is 5. The lowest BCUT2D eigenvalue weighted by Crippen LogP contribution is -2.33. The summed E-state index contributed by atoms with van der Waals surface area (Å²) in [6.45, 7) is 0. The van der Waals surface area contributed by atoms with Gasteiger partial charge >= 0.3 is 0 Å². The van der Waals surface area contributed by atoms with E-state index in [0.717, 1.165) is 33.9 Å². The van der Waals surface area contributed by atoms with Crippen LogP contribution in [0.4, 0.5) is 0 Å². The summed E-state index contributed by atoms with van der Waals surface area (Å²) in [4.78, 5) is 0. The fourth-order valence-corrected chi connectivity index (χ4v) is 4.50. The molecule has 0 N–H and O–H groups in total. The zero-order valence-corrected chi connectivity index (χ0v) is 18.8. The molecule has 0 fully saturated rings. The van der Waals surface area contributed by atoms with Crippen LogP contribution in [-0.4, -0.2) is 32.0 Å². The Morgan fingerprint density at radius 2 is 1.66 bits per heavy atom. The molecule has 0 aliphatic carbocycles. The number of methoxy groups -OCH3 is 3. The number of benzene rings is 3. The van der Waals surface area contributed by atoms with Gasteiger partial charge in [0.25, 0.3) is 0 Å². The lowest BCUT2D eigenvalue weighted by Gasteiger charge is -2.38. The monoisotopic (exact) mass is 450 g/mol. The molecular formula is C25H23ClN2O4. The van der Waals surface area contributed by atoms with Gasteiger partial charge in [0, 0.05) is 22.6 Å². The minimum absolute atomic E-state index is 0.0181. The Balaban J connectivity index is 1.61. The Morgan fingerprint density at radius 3 is 2.44 bits per heavy atom. The summed E-state index contributed by atoms with van der Waals surface area (Å²) in [5, 5.41) is 7.67. The number of halogens is 1. The number of nitrogens with zero attached hydrogens (tertiary/aromatic N) is 2. The SMILES string of the molecule is COc1ccc(C2=NN3[C@@H](c4ccccc4OC)Oc4ccc(Cl)cc4[C@@H]3C2)cc1OC. The maximum absolute atomic E-state index is 6.43. The molecule has 2 aliphatic rings. The van der Waals surface area contributed by atoms with Crippen LogP contribution < -0.4 is 18.9 Å². The van der Waals surface area contributed by atoms with Crippen molar-refractivity contribution in [1.29, 1.82) is 0 Å². The Morgan fingerprint density at radius 1 is 0.875 bits per heavy atom. The summed E-state index contributed by atoms with van der Waals surface area (Å²) in [5.41, 5.74) is 3.84. The summed E-state index contributed by atoms with van der Waals surface area (Å²) in [6.07, 6.45) is 0.278. The largest absolute Gasteiger partial charge is 0.496 e. The molecule has 5 rings (SSSR count). The van der Waals surface area contributed by atoms with Crippen LogP contribution in [0.1, 0.15) is 35.4 Å². The number of ether oxygens (including phenoxy) is 4. The van der Waals surface area contributed by atoms with E-state index < -0.39 is 6.23 Å². The van der Waals surface area contributed by atoms with Gasteiger partial charge in [-0.15, -0.1) is 0 Å². The van der Waals surface area contributed by atoms with E-state index in [1.165, 1.54) is 0 Å². The first-order chi connectivity index (χ1) is 15.6. The molecule has 0 spiro atoms. The van der Waals surface area contributed by atoms with Crippen LogP contribution in [0.5, 0.6) is 23.0 Å². The molecule has 0 saturated heterocycles. The molecule has 7 heteroatoms. The van der Waals surface area contributed by atoms with Gasteiger partial charge < -0.3 is 18.9 Å². The van der Waals surface area contributed by atoms with E-state index >= 15 is 0 Å². The van der Waals surface area contributed by atoms with Crippen molar-refractivity contribution in [2.75, 3.05) is 21.3 Å². The summed E-state index contributed by atoms with van der Waals surface area (Å²) in [7, 11) is 4.92. The van der Waals surface area contributed by atoms with Gasteiger partial charge in [0.05, 0.1) is 38.6 Å². The van der Waals surface area contributed by atoms with E-state index in [9.17, 15) is 0 Å². The average molecular weight is 451 g/mol. The Labute approximate surface area is 191 Å². The first kappa shape index (κ1) is 20.5. The van der Waals surface area contributed by atoms with Gasteiger partial charge in [-0.1, -0.05) is 23.7 Å². The predicted molar refractivity (Wildman–Crippen MR) is 123 cm³/mol. The maximum Gasteiger partial charge on any atom is 0.217 e.